The summed E-state index contributed by atoms with van der Waals surface area (Å²) in [6.45, 7) is 11.4. The van der Waals surface area contributed by atoms with Crippen LogP contribution in [0.15, 0.2) is 29.0 Å². The van der Waals surface area contributed by atoms with E-state index in [1.807, 2.05) is 17.9 Å². The number of aromatic nitrogens is 3. The Balaban J connectivity index is 1.03. The SMILES string of the molecule is CC(=O)N1CC(Nc2cc(C(=O)NCC(O)CN3CCc4c(ccc(OCc5ocnc5C)c4C)C3)nc(N3CCOCC3)n2)C1. The Labute approximate surface area is 268 Å². The maximum absolute atomic E-state index is 13.2. The van der Waals surface area contributed by atoms with Gasteiger partial charge in [0, 0.05) is 65.3 Å². The topological polar surface area (TPSA) is 158 Å². The summed E-state index contributed by atoms with van der Waals surface area (Å²) in [6, 6.07) is 5.74. The highest BCUT2D eigenvalue weighted by atomic mass is 16.5. The summed E-state index contributed by atoms with van der Waals surface area (Å²) in [6.07, 6.45) is 1.51. The number of anilines is 2. The van der Waals surface area contributed by atoms with E-state index in [-0.39, 0.29) is 30.1 Å². The van der Waals surface area contributed by atoms with E-state index < -0.39 is 6.10 Å². The third-order valence-electron chi connectivity index (χ3n) is 8.81. The number of hydrogen-bond acceptors (Lipinski definition) is 12. The van der Waals surface area contributed by atoms with Gasteiger partial charge in [-0.25, -0.2) is 9.97 Å². The highest BCUT2D eigenvalue weighted by Gasteiger charge is 2.29. The van der Waals surface area contributed by atoms with E-state index in [0.29, 0.717) is 70.9 Å². The Morgan fingerprint density at radius 2 is 1.96 bits per heavy atom. The van der Waals surface area contributed by atoms with Crippen molar-refractivity contribution in [3.63, 3.8) is 0 Å². The van der Waals surface area contributed by atoms with Crippen LogP contribution in [0.1, 0.15) is 45.6 Å². The average Bonchev–Trinajstić information content (AvgIpc) is 3.45. The third kappa shape index (κ3) is 7.40. The summed E-state index contributed by atoms with van der Waals surface area (Å²) in [4.78, 5) is 44.1. The number of hydrogen-bond donors (Lipinski definition) is 3. The van der Waals surface area contributed by atoms with Gasteiger partial charge in [0.1, 0.15) is 23.9 Å². The molecule has 46 heavy (non-hydrogen) atoms. The lowest BCUT2D eigenvalue weighted by molar-refractivity contribution is -0.132. The van der Waals surface area contributed by atoms with E-state index in [1.165, 1.54) is 17.5 Å². The Morgan fingerprint density at radius 1 is 1.15 bits per heavy atom. The first kappa shape index (κ1) is 31.7. The van der Waals surface area contributed by atoms with Gasteiger partial charge in [0.2, 0.25) is 11.9 Å². The summed E-state index contributed by atoms with van der Waals surface area (Å²) >= 11 is 0. The van der Waals surface area contributed by atoms with Crippen molar-refractivity contribution in [2.75, 3.05) is 69.2 Å². The van der Waals surface area contributed by atoms with Crippen LogP contribution in [0.5, 0.6) is 5.75 Å². The van der Waals surface area contributed by atoms with Gasteiger partial charge in [0.05, 0.1) is 31.1 Å². The molecule has 5 heterocycles. The molecule has 2 fully saturated rings. The van der Waals surface area contributed by atoms with Crippen LogP contribution in [0.25, 0.3) is 0 Å². The number of nitrogens with zero attached hydrogens (tertiary/aromatic N) is 6. The number of benzene rings is 1. The van der Waals surface area contributed by atoms with Crippen LogP contribution in [0.2, 0.25) is 0 Å². The molecule has 3 N–H and O–H groups in total. The highest BCUT2D eigenvalue weighted by Crippen LogP contribution is 2.30. The summed E-state index contributed by atoms with van der Waals surface area (Å²) in [5.74, 6) is 2.17. The fraction of sp³-hybridized carbons (Fsp3) is 0.531. The predicted octanol–water partition coefficient (Wildman–Crippen LogP) is 1.29. The van der Waals surface area contributed by atoms with Crippen molar-refractivity contribution in [3.8, 4) is 5.75 Å². The first-order valence-electron chi connectivity index (χ1n) is 15.8. The summed E-state index contributed by atoms with van der Waals surface area (Å²) in [7, 11) is 0. The molecule has 2 amide bonds. The van der Waals surface area contributed by atoms with Crippen molar-refractivity contribution in [1.82, 2.24) is 30.1 Å². The lowest BCUT2D eigenvalue weighted by atomic mass is 9.94. The molecular formula is C32H42N8O6. The van der Waals surface area contributed by atoms with Gasteiger partial charge in [-0.05, 0) is 43.0 Å². The van der Waals surface area contributed by atoms with Crippen molar-refractivity contribution in [2.45, 2.75) is 52.5 Å². The molecule has 6 rings (SSSR count). The number of β-amino-alcohol motifs (C(OH)–C–C–N with tert-alkyl or cyclic N) is 1. The zero-order valence-corrected chi connectivity index (χ0v) is 26.6. The number of likely N-dealkylation sites (tertiary alicyclic amines) is 1. The second-order valence-corrected chi connectivity index (χ2v) is 12.1. The monoisotopic (exact) mass is 634 g/mol. The van der Waals surface area contributed by atoms with E-state index in [4.69, 9.17) is 13.9 Å². The van der Waals surface area contributed by atoms with Gasteiger partial charge in [-0.2, -0.15) is 4.98 Å². The first-order chi connectivity index (χ1) is 22.2. The van der Waals surface area contributed by atoms with E-state index in [0.717, 1.165) is 35.7 Å². The van der Waals surface area contributed by atoms with E-state index in [1.54, 1.807) is 17.9 Å². The molecule has 246 valence electrons. The molecule has 0 spiro atoms. The van der Waals surface area contributed by atoms with Crippen LogP contribution in [0.4, 0.5) is 11.8 Å². The maximum atomic E-state index is 13.2. The van der Waals surface area contributed by atoms with Crippen LogP contribution < -0.4 is 20.3 Å². The third-order valence-corrected chi connectivity index (χ3v) is 8.81. The van der Waals surface area contributed by atoms with Crippen molar-refractivity contribution in [3.05, 3.63) is 58.4 Å². The molecule has 14 nitrogen and oxygen atoms in total. The van der Waals surface area contributed by atoms with Gasteiger partial charge in [-0.1, -0.05) is 6.07 Å². The smallest absolute Gasteiger partial charge is 0.270 e. The average molecular weight is 635 g/mol. The number of carbonyl (C=O) groups excluding carboxylic acids is 2. The molecule has 2 aromatic heterocycles. The maximum Gasteiger partial charge on any atom is 0.270 e. The van der Waals surface area contributed by atoms with Crippen molar-refractivity contribution in [1.29, 1.82) is 0 Å². The van der Waals surface area contributed by atoms with E-state index in [2.05, 4.69) is 43.5 Å². The van der Waals surface area contributed by atoms with E-state index in [9.17, 15) is 14.7 Å². The zero-order chi connectivity index (χ0) is 32.2. The summed E-state index contributed by atoms with van der Waals surface area (Å²) < 4.78 is 16.9. The number of fused-ring (bicyclic) bond motifs is 1. The van der Waals surface area contributed by atoms with Gasteiger partial charge in [0.15, 0.2) is 12.2 Å². The molecule has 1 atom stereocenters. The van der Waals surface area contributed by atoms with Crippen molar-refractivity contribution in [2.24, 2.45) is 0 Å². The molecule has 0 bridgehead atoms. The minimum absolute atomic E-state index is 0.0335. The van der Waals surface area contributed by atoms with E-state index >= 15 is 0 Å². The minimum Gasteiger partial charge on any atom is -0.485 e. The Kier molecular flexibility index (Phi) is 9.66. The Hall–Kier alpha value is -4.27. The molecule has 3 aliphatic rings. The molecule has 0 aliphatic carbocycles. The Bertz CT molecular complexity index is 1550. The molecule has 1 aromatic carbocycles. The lowest BCUT2D eigenvalue weighted by Gasteiger charge is -2.39. The molecule has 1 unspecified atom stereocenters. The number of aryl methyl sites for hydroxylation is 1. The van der Waals surface area contributed by atoms with Gasteiger partial charge in [-0.15, -0.1) is 0 Å². The predicted molar refractivity (Wildman–Crippen MR) is 169 cm³/mol. The lowest BCUT2D eigenvalue weighted by Crippen LogP contribution is -2.56. The second kappa shape index (κ2) is 14.0. The first-order valence-corrected chi connectivity index (χ1v) is 15.8. The number of amides is 2. The van der Waals surface area contributed by atoms with Crippen LogP contribution >= 0.6 is 0 Å². The number of oxazole rings is 1. The van der Waals surface area contributed by atoms with Crippen molar-refractivity contribution < 1.29 is 28.6 Å². The fourth-order valence-corrected chi connectivity index (χ4v) is 6.03. The quantitative estimate of drug-likeness (QED) is 0.278. The second-order valence-electron chi connectivity index (χ2n) is 12.1. The largest absolute Gasteiger partial charge is 0.485 e. The molecule has 2 saturated heterocycles. The fourth-order valence-electron chi connectivity index (χ4n) is 6.03. The van der Waals surface area contributed by atoms with Crippen LogP contribution in [-0.4, -0.2) is 113 Å². The van der Waals surface area contributed by atoms with Crippen LogP contribution in [-0.2, 0) is 29.1 Å². The molecule has 3 aliphatic heterocycles. The molecular weight excluding hydrogens is 592 g/mol. The Morgan fingerprint density at radius 3 is 2.70 bits per heavy atom. The van der Waals surface area contributed by atoms with Gasteiger partial charge < -0.3 is 39.4 Å². The van der Waals surface area contributed by atoms with Gasteiger partial charge in [-0.3, -0.25) is 14.5 Å². The van der Waals surface area contributed by atoms with Gasteiger partial charge >= 0.3 is 0 Å². The normalized spacial score (nSPS) is 17.7. The standard InChI is InChI=1S/C32H42N8O6/c1-20-26-6-7-38(14-23(26)4-5-28(20)45-18-29-21(2)34-19-46-29)17-25(42)13-33-31(43)27-12-30(35-24-15-40(16-24)22(3)41)37-32(36-27)39-8-10-44-11-9-39/h4-5,12,19,24-25,42H,6-11,13-18H2,1-3H3,(H,33,43)(H,35,36,37). The number of aliphatic hydroxyl groups is 1. The number of ether oxygens (including phenoxy) is 2. The highest BCUT2D eigenvalue weighted by molar-refractivity contribution is 5.93. The summed E-state index contributed by atoms with van der Waals surface area (Å²) in [5.41, 5.74) is 4.63. The number of nitrogens with one attached hydrogen (secondary N) is 2. The minimum atomic E-state index is -0.759. The molecule has 3 aromatic rings. The summed E-state index contributed by atoms with van der Waals surface area (Å²) in [5, 5.41) is 17.1. The van der Waals surface area contributed by atoms with Gasteiger partial charge in [0.25, 0.3) is 5.91 Å². The van der Waals surface area contributed by atoms with Crippen LogP contribution in [0.3, 0.4) is 0 Å². The zero-order valence-electron chi connectivity index (χ0n) is 26.6. The molecule has 14 heteroatoms. The number of carbonyl (C=O) groups is 2. The number of aliphatic hydroxyl groups excluding tert-OH is 1. The molecule has 0 radical (unpaired) electrons. The number of rotatable bonds is 11. The molecule has 0 saturated carbocycles. The number of morpholine rings is 1. The van der Waals surface area contributed by atoms with Crippen LogP contribution in [0, 0.1) is 13.8 Å². The van der Waals surface area contributed by atoms with Crippen molar-refractivity contribution >= 4 is 23.6 Å².